The van der Waals surface area contributed by atoms with E-state index in [9.17, 15) is 0 Å². The quantitative estimate of drug-likeness (QED) is 0.535. The third-order valence-electron chi connectivity index (χ3n) is 4.64. The molecule has 0 amide bonds. The van der Waals surface area contributed by atoms with E-state index >= 15 is 0 Å². The number of hydrogen-bond donors (Lipinski definition) is 1. The predicted molar refractivity (Wildman–Crippen MR) is 81.2 cm³/mol. The molecule has 0 spiro atoms. The number of unbranched alkanes of at least 4 members (excludes halogenated alkanes) is 7. The van der Waals surface area contributed by atoms with Gasteiger partial charge in [-0.15, -0.1) is 0 Å². The Morgan fingerprint density at radius 3 is 2.16 bits per heavy atom. The van der Waals surface area contributed by atoms with Crippen molar-refractivity contribution in [2.24, 2.45) is 0 Å². The maximum Gasteiger partial charge on any atom is 0.0876 e. The van der Waals surface area contributed by atoms with Crippen molar-refractivity contribution in [2.75, 3.05) is 13.1 Å². The average Bonchev–Trinajstić information content (AvgIpc) is 2.83. The first-order valence-electron chi connectivity index (χ1n) is 8.73. The standard InChI is InChI=1S/C17H35N.FH/c1-3-5-7-8-9-10-11-15-18-16-12-14-17(18)13-6-4-2;/h17H,3-16H2,1-2H3;1H. The van der Waals surface area contributed by atoms with Crippen molar-refractivity contribution >= 4 is 0 Å². The summed E-state index contributed by atoms with van der Waals surface area (Å²) in [6.45, 7) is 7.55. The smallest absolute Gasteiger partial charge is 0.0876 e. The SMILES string of the molecule is CCCCCCCCC[NH+]1CCCC1CCCC.[F-]. The highest BCUT2D eigenvalue weighted by Gasteiger charge is 2.26. The fraction of sp³-hybridized carbons (Fsp3) is 1.00. The summed E-state index contributed by atoms with van der Waals surface area (Å²) in [5, 5.41) is 0. The van der Waals surface area contributed by atoms with Crippen LogP contribution in [-0.4, -0.2) is 19.1 Å². The molecule has 0 bridgehead atoms. The van der Waals surface area contributed by atoms with Crippen LogP contribution in [-0.2, 0) is 0 Å². The van der Waals surface area contributed by atoms with Crippen molar-refractivity contribution < 1.29 is 9.60 Å². The van der Waals surface area contributed by atoms with Crippen LogP contribution in [0, 0.1) is 0 Å². The molecule has 0 aromatic rings. The molecule has 1 nitrogen and oxygen atoms in total. The number of likely N-dealkylation sites (tertiary alicyclic amines) is 1. The third kappa shape index (κ3) is 8.62. The maximum absolute atomic E-state index is 2.32. The second kappa shape index (κ2) is 12.9. The normalized spacial score (nSPS) is 22.4. The molecule has 116 valence electrons. The highest BCUT2D eigenvalue weighted by atomic mass is 19.0. The van der Waals surface area contributed by atoms with E-state index in [1.54, 1.807) is 0 Å². The van der Waals surface area contributed by atoms with E-state index in [-0.39, 0.29) is 4.70 Å². The first-order chi connectivity index (χ1) is 8.88. The Hall–Kier alpha value is -0.110. The molecule has 0 aromatic heterocycles. The molecule has 1 heterocycles. The lowest BCUT2D eigenvalue weighted by molar-refractivity contribution is -0.912. The van der Waals surface area contributed by atoms with Crippen molar-refractivity contribution in [3.8, 4) is 0 Å². The fourth-order valence-electron chi connectivity index (χ4n) is 3.42. The van der Waals surface area contributed by atoms with E-state index in [2.05, 4.69) is 13.8 Å². The number of halogens is 1. The van der Waals surface area contributed by atoms with Gasteiger partial charge >= 0.3 is 0 Å². The molecule has 1 rings (SSSR count). The molecule has 2 atom stereocenters. The molecule has 0 aliphatic carbocycles. The van der Waals surface area contributed by atoms with Crippen molar-refractivity contribution in [3.63, 3.8) is 0 Å². The van der Waals surface area contributed by atoms with E-state index < -0.39 is 0 Å². The van der Waals surface area contributed by atoms with Crippen molar-refractivity contribution in [1.29, 1.82) is 0 Å². The van der Waals surface area contributed by atoms with Gasteiger partial charge in [-0.05, 0) is 25.7 Å². The highest BCUT2D eigenvalue weighted by Crippen LogP contribution is 2.09. The highest BCUT2D eigenvalue weighted by molar-refractivity contribution is 4.62. The molecule has 1 saturated heterocycles. The van der Waals surface area contributed by atoms with E-state index in [4.69, 9.17) is 0 Å². The van der Waals surface area contributed by atoms with E-state index in [1.165, 1.54) is 90.1 Å². The molecule has 0 saturated carbocycles. The van der Waals surface area contributed by atoms with Gasteiger partial charge in [-0.1, -0.05) is 52.4 Å². The first-order valence-corrected chi connectivity index (χ1v) is 8.73. The summed E-state index contributed by atoms with van der Waals surface area (Å²) in [6, 6.07) is 1.02. The number of hydrogen-bond acceptors (Lipinski definition) is 0. The lowest BCUT2D eigenvalue weighted by atomic mass is 10.1. The lowest BCUT2D eigenvalue weighted by Crippen LogP contribution is -3.13. The monoisotopic (exact) mass is 273 g/mol. The van der Waals surface area contributed by atoms with Gasteiger partial charge in [0.15, 0.2) is 0 Å². The average molecular weight is 273 g/mol. The Kier molecular flexibility index (Phi) is 12.8. The molecule has 2 heteroatoms. The number of quaternary nitrogens is 1. The van der Waals surface area contributed by atoms with Crippen LogP contribution in [0.4, 0.5) is 0 Å². The van der Waals surface area contributed by atoms with Crippen LogP contribution >= 0.6 is 0 Å². The molecule has 2 unspecified atom stereocenters. The van der Waals surface area contributed by atoms with Crippen molar-refractivity contribution in [3.05, 3.63) is 0 Å². The van der Waals surface area contributed by atoms with Gasteiger partial charge < -0.3 is 9.60 Å². The van der Waals surface area contributed by atoms with Crippen LogP contribution in [0.5, 0.6) is 0 Å². The van der Waals surface area contributed by atoms with Gasteiger partial charge in [0, 0.05) is 12.8 Å². The van der Waals surface area contributed by atoms with Gasteiger partial charge in [-0.2, -0.15) is 0 Å². The molecular formula is C17H36FN. The Balaban J connectivity index is 0.00000324. The second-order valence-corrected chi connectivity index (χ2v) is 6.26. The molecule has 1 aliphatic rings. The fourth-order valence-corrected chi connectivity index (χ4v) is 3.42. The van der Waals surface area contributed by atoms with E-state index in [0.29, 0.717) is 0 Å². The summed E-state index contributed by atoms with van der Waals surface area (Å²) in [5.41, 5.74) is 0. The minimum absolute atomic E-state index is 0. The topological polar surface area (TPSA) is 4.44 Å². The van der Waals surface area contributed by atoms with E-state index in [1.807, 2.05) is 4.90 Å². The van der Waals surface area contributed by atoms with Crippen LogP contribution in [0.25, 0.3) is 0 Å². The first kappa shape index (κ1) is 18.9. The van der Waals surface area contributed by atoms with Crippen molar-refractivity contribution in [2.45, 2.75) is 96.9 Å². The zero-order chi connectivity index (χ0) is 13.1. The molecule has 0 aromatic carbocycles. The number of rotatable bonds is 11. The largest absolute Gasteiger partial charge is 1.00 e. The summed E-state index contributed by atoms with van der Waals surface area (Å²) >= 11 is 0. The summed E-state index contributed by atoms with van der Waals surface area (Å²) in [5.74, 6) is 0. The molecular weight excluding hydrogens is 237 g/mol. The third-order valence-corrected chi connectivity index (χ3v) is 4.64. The van der Waals surface area contributed by atoms with E-state index in [0.717, 1.165) is 6.04 Å². The van der Waals surface area contributed by atoms with Crippen molar-refractivity contribution in [1.82, 2.24) is 0 Å². The number of nitrogens with one attached hydrogen (secondary N) is 1. The Bertz CT molecular complexity index is 184. The predicted octanol–water partition coefficient (Wildman–Crippen LogP) is 0.979. The van der Waals surface area contributed by atoms with Gasteiger partial charge in [0.25, 0.3) is 0 Å². The second-order valence-electron chi connectivity index (χ2n) is 6.26. The zero-order valence-electron chi connectivity index (χ0n) is 13.4. The van der Waals surface area contributed by atoms with Gasteiger partial charge in [0.1, 0.15) is 0 Å². The summed E-state index contributed by atoms with van der Waals surface area (Å²) in [7, 11) is 0. The zero-order valence-corrected chi connectivity index (χ0v) is 13.4. The van der Waals surface area contributed by atoms with Gasteiger partial charge in [0.2, 0.25) is 0 Å². The minimum Gasteiger partial charge on any atom is -1.00 e. The molecule has 1 N–H and O–H groups in total. The Labute approximate surface area is 120 Å². The van der Waals surface area contributed by atoms with Crippen LogP contribution in [0.2, 0.25) is 0 Å². The minimum atomic E-state index is 0. The Morgan fingerprint density at radius 2 is 1.47 bits per heavy atom. The molecule has 19 heavy (non-hydrogen) atoms. The van der Waals surface area contributed by atoms with Crippen LogP contribution in [0.1, 0.15) is 90.9 Å². The van der Waals surface area contributed by atoms with Gasteiger partial charge in [-0.3, -0.25) is 0 Å². The van der Waals surface area contributed by atoms with Gasteiger partial charge in [-0.25, -0.2) is 0 Å². The summed E-state index contributed by atoms with van der Waals surface area (Å²) < 4.78 is 0. The van der Waals surface area contributed by atoms with Gasteiger partial charge in [0.05, 0.1) is 19.1 Å². The summed E-state index contributed by atoms with van der Waals surface area (Å²) in [4.78, 5) is 1.94. The maximum atomic E-state index is 2.32. The summed E-state index contributed by atoms with van der Waals surface area (Å²) in [6.07, 6.45) is 17.5. The Morgan fingerprint density at radius 1 is 0.842 bits per heavy atom. The van der Waals surface area contributed by atoms with Crippen LogP contribution in [0.15, 0.2) is 0 Å². The lowest BCUT2D eigenvalue weighted by Gasteiger charge is -2.21. The van der Waals surface area contributed by atoms with Crippen LogP contribution < -0.4 is 9.60 Å². The molecule has 0 radical (unpaired) electrons. The molecule has 1 fully saturated rings. The molecule has 1 aliphatic heterocycles. The van der Waals surface area contributed by atoms with Crippen LogP contribution in [0.3, 0.4) is 0 Å².